The van der Waals surface area contributed by atoms with Crippen LogP contribution in [-0.2, 0) is 0 Å². The van der Waals surface area contributed by atoms with Gasteiger partial charge in [0.15, 0.2) is 5.69 Å². The van der Waals surface area contributed by atoms with Crippen molar-refractivity contribution >= 4 is 28.2 Å². The highest BCUT2D eigenvalue weighted by Crippen LogP contribution is 2.26. The lowest BCUT2D eigenvalue weighted by atomic mass is 10.0. The summed E-state index contributed by atoms with van der Waals surface area (Å²) < 4.78 is 0. The first-order valence-corrected chi connectivity index (χ1v) is 7.50. The first-order chi connectivity index (χ1) is 11.5. The Labute approximate surface area is 137 Å². The van der Waals surface area contributed by atoms with Crippen LogP contribution in [-0.4, -0.2) is 21.0 Å². The number of amides is 1. The number of aromatic amines is 1. The van der Waals surface area contributed by atoms with Crippen molar-refractivity contribution in [1.29, 1.82) is 0 Å². The van der Waals surface area contributed by atoms with Crippen molar-refractivity contribution < 1.29 is 9.72 Å². The second-order valence-electron chi connectivity index (χ2n) is 5.76. The summed E-state index contributed by atoms with van der Waals surface area (Å²) in [5, 5.41) is 20.9. The highest BCUT2D eigenvalue weighted by molar-refractivity contribution is 6.11. The van der Waals surface area contributed by atoms with Gasteiger partial charge in [0.05, 0.1) is 10.4 Å². The molecule has 0 aliphatic heterocycles. The van der Waals surface area contributed by atoms with Crippen molar-refractivity contribution in [2.75, 3.05) is 5.32 Å². The van der Waals surface area contributed by atoms with Gasteiger partial charge in [-0.15, -0.1) is 0 Å². The summed E-state index contributed by atoms with van der Waals surface area (Å²) in [6.07, 6.45) is 0. The van der Waals surface area contributed by atoms with Gasteiger partial charge in [-0.1, -0.05) is 32.0 Å². The van der Waals surface area contributed by atoms with Crippen LogP contribution in [0.2, 0.25) is 0 Å². The van der Waals surface area contributed by atoms with Gasteiger partial charge in [0.25, 0.3) is 11.6 Å². The zero-order valence-corrected chi connectivity index (χ0v) is 13.2. The molecule has 1 aromatic heterocycles. The lowest BCUT2D eigenvalue weighted by Gasteiger charge is -2.12. The number of hydrogen-bond acceptors (Lipinski definition) is 4. The van der Waals surface area contributed by atoms with Crippen LogP contribution in [0.1, 0.15) is 35.8 Å². The number of benzene rings is 2. The summed E-state index contributed by atoms with van der Waals surface area (Å²) in [6, 6.07) is 11.8. The highest BCUT2D eigenvalue weighted by atomic mass is 16.6. The number of non-ortho nitro benzene ring substituents is 1. The average molecular weight is 324 g/mol. The summed E-state index contributed by atoms with van der Waals surface area (Å²) in [4.78, 5) is 23.0. The maximum absolute atomic E-state index is 12.6. The number of para-hydroxylation sites is 1. The topological polar surface area (TPSA) is 101 Å². The average Bonchev–Trinajstić information content (AvgIpc) is 2.98. The fourth-order valence-electron chi connectivity index (χ4n) is 2.58. The first kappa shape index (κ1) is 15.7. The molecule has 2 N–H and O–H groups in total. The molecule has 0 fully saturated rings. The number of nitro groups is 1. The first-order valence-electron chi connectivity index (χ1n) is 7.50. The van der Waals surface area contributed by atoms with E-state index in [4.69, 9.17) is 0 Å². The monoisotopic (exact) mass is 324 g/mol. The molecular weight excluding hydrogens is 308 g/mol. The molecule has 0 aliphatic carbocycles. The molecule has 0 unspecified atom stereocenters. The van der Waals surface area contributed by atoms with E-state index in [1.165, 1.54) is 12.1 Å². The van der Waals surface area contributed by atoms with Gasteiger partial charge in [0.1, 0.15) is 0 Å². The van der Waals surface area contributed by atoms with Crippen LogP contribution in [0, 0.1) is 10.1 Å². The second-order valence-corrected chi connectivity index (χ2v) is 5.76. The van der Waals surface area contributed by atoms with Crippen molar-refractivity contribution in [2.24, 2.45) is 0 Å². The fraction of sp³-hybridized carbons (Fsp3) is 0.176. The highest BCUT2D eigenvalue weighted by Gasteiger charge is 2.18. The van der Waals surface area contributed by atoms with Crippen LogP contribution < -0.4 is 5.32 Å². The van der Waals surface area contributed by atoms with Crippen molar-refractivity contribution in [3.8, 4) is 0 Å². The molecule has 0 radical (unpaired) electrons. The molecule has 3 aromatic rings. The Morgan fingerprint density at radius 1 is 1.25 bits per heavy atom. The Balaban J connectivity index is 1.98. The van der Waals surface area contributed by atoms with Crippen LogP contribution in [0.5, 0.6) is 0 Å². The zero-order valence-electron chi connectivity index (χ0n) is 13.2. The van der Waals surface area contributed by atoms with Gasteiger partial charge in [-0.25, -0.2) is 0 Å². The van der Waals surface area contributed by atoms with Crippen LogP contribution in [0.15, 0.2) is 42.5 Å². The molecule has 0 bridgehead atoms. The summed E-state index contributed by atoms with van der Waals surface area (Å²) in [5.74, 6) is -0.159. The minimum Gasteiger partial charge on any atom is -0.320 e. The molecule has 7 nitrogen and oxygen atoms in total. The molecule has 0 saturated heterocycles. The van der Waals surface area contributed by atoms with Crippen LogP contribution in [0.3, 0.4) is 0 Å². The zero-order chi connectivity index (χ0) is 17.3. The third-order valence-electron chi connectivity index (χ3n) is 3.80. The predicted molar refractivity (Wildman–Crippen MR) is 91.2 cm³/mol. The number of carbonyl (C=O) groups excluding carboxylic acids is 1. The van der Waals surface area contributed by atoms with E-state index in [1.807, 2.05) is 38.1 Å². The molecular formula is C17H16N4O3. The normalized spacial score (nSPS) is 11.0. The molecule has 0 saturated carbocycles. The van der Waals surface area contributed by atoms with E-state index in [9.17, 15) is 14.9 Å². The SMILES string of the molecule is CC(C)c1ccccc1NC(=O)c1n[nH]c2ccc([N+](=O)[O-])cc12. The largest absolute Gasteiger partial charge is 0.320 e. The Kier molecular flexibility index (Phi) is 3.99. The van der Waals surface area contributed by atoms with Crippen molar-refractivity contribution in [1.82, 2.24) is 10.2 Å². The number of nitrogens with zero attached hydrogens (tertiary/aromatic N) is 2. The van der Waals surface area contributed by atoms with Crippen LogP contribution >= 0.6 is 0 Å². The summed E-state index contributed by atoms with van der Waals surface area (Å²) in [6.45, 7) is 4.08. The molecule has 0 atom stereocenters. The fourth-order valence-corrected chi connectivity index (χ4v) is 2.58. The number of carbonyl (C=O) groups is 1. The van der Waals surface area contributed by atoms with E-state index in [2.05, 4.69) is 15.5 Å². The van der Waals surface area contributed by atoms with Crippen molar-refractivity contribution in [2.45, 2.75) is 19.8 Å². The van der Waals surface area contributed by atoms with Crippen molar-refractivity contribution in [3.05, 3.63) is 63.8 Å². The number of fused-ring (bicyclic) bond motifs is 1. The smallest absolute Gasteiger partial charge is 0.276 e. The summed E-state index contributed by atoms with van der Waals surface area (Å²) >= 11 is 0. The minimum absolute atomic E-state index is 0.0828. The quantitative estimate of drug-likeness (QED) is 0.562. The molecule has 122 valence electrons. The number of rotatable bonds is 4. The molecule has 2 aromatic carbocycles. The van der Waals surface area contributed by atoms with Gasteiger partial charge < -0.3 is 5.32 Å². The Morgan fingerprint density at radius 2 is 2.00 bits per heavy atom. The van der Waals surface area contributed by atoms with E-state index in [1.54, 1.807) is 6.07 Å². The molecule has 1 amide bonds. The van der Waals surface area contributed by atoms with Gasteiger partial charge >= 0.3 is 0 Å². The Morgan fingerprint density at radius 3 is 2.71 bits per heavy atom. The van der Waals surface area contributed by atoms with Gasteiger partial charge in [-0.3, -0.25) is 20.0 Å². The maximum Gasteiger partial charge on any atom is 0.276 e. The predicted octanol–water partition coefficient (Wildman–Crippen LogP) is 3.85. The molecule has 24 heavy (non-hydrogen) atoms. The molecule has 1 heterocycles. The number of nitrogens with one attached hydrogen (secondary N) is 2. The van der Waals surface area contributed by atoms with Crippen molar-refractivity contribution in [3.63, 3.8) is 0 Å². The molecule has 7 heteroatoms. The summed E-state index contributed by atoms with van der Waals surface area (Å²) in [7, 11) is 0. The molecule has 0 aliphatic rings. The van der Waals surface area contributed by atoms with E-state index in [0.717, 1.165) is 5.56 Å². The van der Waals surface area contributed by atoms with Gasteiger partial charge in [-0.05, 0) is 23.6 Å². The number of H-pyrrole nitrogens is 1. The van der Waals surface area contributed by atoms with E-state index >= 15 is 0 Å². The van der Waals surface area contributed by atoms with E-state index in [-0.39, 0.29) is 17.3 Å². The number of hydrogen-bond donors (Lipinski definition) is 2. The maximum atomic E-state index is 12.6. The second kappa shape index (κ2) is 6.11. The third kappa shape index (κ3) is 2.83. The van der Waals surface area contributed by atoms with E-state index in [0.29, 0.717) is 16.6 Å². The standard InChI is InChI=1S/C17H16N4O3/c1-10(2)12-5-3-4-6-14(12)18-17(22)16-13-9-11(21(23)24)7-8-15(13)19-20-16/h3-10H,1-2H3,(H,18,22)(H,19,20). The molecule has 3 rings (SSSR count). The van der Waals surface area contributed by atoms with Gasteiger partial charge in [0, 0.05) is 23.2 Å². The van der Waals surface area contributed by atoms with Gasteiger partial charge in [0.2, 0.25) is 0 Å². The van der Waals surface area contributed by atoms with Crippen LogP contribution in [0.4, 0.5) is 11.4 Å². The number of aromatic nitrogens is 2. The third-order valence-corrected chi connectivity index (χ3v) is 3.80. The number of anilines is 1. The van der Waals surface area contributed by atoms with Crippen LogP contribution in [0.25, 0.3) is 10.9 Å². The number of nitro benzene ring substituents is 1. The summed E-state index contributed by atoms with van der Waals surface area (Å²) in [5.41, 5.74) is 2.34. The van der Waals surface area contributed by atoms with E-state index < -0.39 is 10.8 Å². The lowest BCUT2D eigenvalue weighted by Crippen LogP contribution is -2.14. The lowest BCUT2D eigenvalue weighted by molar-refractivity contribution is -0.384. The minimum atomic E-state index is -0.498. The molecule has 0 spiro atoms. The van der Waals surface area contributed by atoms with Gasteiger partial charge in [-0.2, -0.15) is 5.10 Å². The Hall–Kier alpha value is -3.22. The Bertz CT molecular complexity index is 930.